The Kier molecular flexibility index (Phi) is 13.2. The maximum absolute atomic E-state index is 14.6. The molecule has 0 aliphatic heterocycles. The smallest absolute Gasteiger partial charge is 0.261 e. The van der Waals surface area contributed by atoms with E-state index in [2.05, 4.69) is 142 Å². The van der Waals surface area contributed by atoms with Gasteiger partial charge in [0.2, 0.25) is 0 Å². The number of phenolic OH excluding ortho intramolecular Hbond substituents is 3. The van der Waals surface area contributed by atoms with Gasteiger partial charge < -0.3 is 25.0 Å². The molecular formula is C58H69N3O5. The molecule has 8 nitrogen and oxygen atoms in total. The molecule has 2 aromatic heterocycles. The van der Waals surface area contributed by atoms with Crippen LogP contribution in [0, 0.1) is 0 Å². The predicted octanol–water partition coefficient (Wildman–Crippen LogP) is 12.1. The number of benzene rings is 4. The van der Waals surface area contributed by atoms with Crippen LogP contribution in [0.15, 0.2) is 97.3 Å². The summed E-state index contributed by atoms with van der Waals surface area (Å²) in [4.78, 5) is 25.3. The summed E-state index contributed by atoms with van der Waals surface area (Å²) in [6.45, 7) is 26.3. The lowest BCUT2D eigenvalue weighted by atomic mass is 9.79. The minimum Gasteiger partial charge on any atom is -0.507 e. The first-order chi connectivity index (χ1) is 30.8. The maximum atomic E-state index is 14.6. The van der Waals surface area contributed by atoms with Crippen molar-refractivity contribution in [2.24, 2.45) is 0 Å². The maximum Gasteiger partial charge on any atom is 0.261 e. The van der Waals surface area contributed by atoms with E-state index in [1.165, 1.54) is 0 Å². The molecule has 0 atom stereocenters. The molecule has 8 bridgehead atoms. The molecule has 8 heteroatoms. The van der Waals surface area contributed by atoms with E-state index in [4.69, 9.17) is 4.74 Å². The molecule has 66 heavy (non-hydrogen) atoms. The molecule has 0 unspecified atom stereocenters. The van der Waals surface area contributed by atoms with Crippen molar-refractivity contribution in [3.63, 3.8) is 0 Å². The summed E-state index contributed by atoms with van der Waals surface area (Å²) < 4.78 is 6.88. The lowest BCUT2D eigenvalue weighted by Gasteiger charge is -2.28. The number of aromatic nitrogens is 2. The lowest BCUT2D eigenvalue weighted by Crippen LogP contribution is -2.34. The number of ether oxygens (including phenoxy) is 1. The van der Waals surface area contributed by atoms with E-state index in [-0.39, 0.29) is 77.4 Å². The average Bonchev–Trinajstić information content (AvgIpc) is 3.23. The summed E-state index contributed by atoms with van der Waals surface area (Å²) in [5.41, 5.74) is 10.6. The van der Waals surface area contributed by atoms with Gasteiger partial charge in [0.1, 0.15) is 23.0 Å². The van der Waals surface area contributed by atoms with Gasteiger partial charge in [-0.15, -0.1) is 0 Å². The van der Waals surface area contributed by atoms with Crippen molar-refractivity contribution >= 4 is 5.91 Å². The molecule has 0 saturated heterocycles. The number of hydrogen-bond acceptors (Lipinski definition) is 7. The third kappa shape index (κ3) is 10.9. The van der Waals surface area contributed by atoms with E-state index in [1.807, 2.05) is 36.4 Å². The van der Waals surface area contributed by atoms with Gasteiger partial charge in [0.05, 0.1) is 24.5 Å². The molecule has 0 saturated carbocycles. The number of phenols is 3. The van der Waals surface area contributed by atoms with Crippen molar-refractivity contribution in [3.05, 3.63) is 175 Å². The predicted molar refractivity (Wildman–Crippen MR) is 265 cm³/mol. The van der Waals surface area contributed by atoms with E-state index in [0.717, 1.165) is 55.9 Å². The highest BCUT2D eigenvalue weighted by atomic mass is 16.5. The van der Waals surface area contributed by atoms with E-state index in [9.17, 15) is 20.1 Å². The monoisotopic (exact) mass is 888 g/mol. The van der Waals surface area contributed by atoms with Crippen LogP contribution < -0.4 is 4.74 Å². The van der Waals surface area contributed by atoms with Crippen molar-refractivity contribution in [2.45, 2.75) is 144 Å². The molecule has 2 heterocycles. The Hall–Kier alpha value is -6.15. The van der Waals surface area contributed by atoms with E-state index >= 15 is 0 Å². The van der Waals surface area contributed by atoms with Crippen molar-refractivity contribution in [1.82, 2.24) is 14.9 Å². The van der Waals surface area contributed by atoms with Crippen LogP contribution >= 0.6 is 0 Å². The van der Waals surface area contributed by atoms with Crippen LogP contribution in [0.5, 0.6) is 23.0 Å². The van der Waals surface area contributed by atoms with Crippen LogP contribution in [0.3, 0.4) is 0 Å². The van der Waals surface area contributed by atoms with Crippen molar-refractivity contribution in [3.8, 4) is 23.0 Å². The van der Waals surface area contributed by atoms with Gasteiger partial charge in [-0.2, -0.15) is 0 Å². The van der Waals surface area contributed by atoms with Crippen LogP contribution in [0.1, 0.15) is 161 Å². The zero-order valence-corrected chi connectivity index (χ0v) is 41.2. The van der Waals surface area contributed by atoms with Gasteiger partial charge in [0.25, 0.3) is 5.91 Å². The van der Waals surface area contributed by atoms with Gasteiger partial charge in [0, 0.05) is 38.1 Å². The van der Waals surface area contributed by atoms with Crippen LogP contribution in [0.4, 0.5) is 0 Å². The quantitative estimate of drug-likeness (QED) is 0.146. The van der Waals surface area contributed by atoms with E-state index in [0.29, 0.717) is 40.8 Å². The summed E-state index contributed by atoms with van der Waals surface area (Å²) in [6.07, 6.45) is 4.62. The number of fused-ring (bicyclic) bond motifs is 8. The Bertz CT molecular complexity index is 2570. The first-order valence-electron chi connectivity index (χ1n) is 23.3. The molecule has 346 valence electrons. The fourth-order valence-electron chi connectivity index (χ4n) is 8.68. The van der Waals surface area contributed by atoms with E-state index < -0.39 is 0 Å². The van der Waals surface area contributed by atoms with E-state index in [1.54, 1.807) is 17.3 Å². The number of carbonyl (C=O) groups is 1. The Morgan fingerprint density at radius 2 is 0.773 bits per heavy atom. The highest BCUT2D eigenvalue weighted by Gasteiger charge is 2.29. The first-order valence-corrected chi connectivity index (χ1v) is 23.3. The summed E-state index contributed by atoms with van der Waals surface area (Å²) >= 11 is 0. The Morgan fingerprint density at radius 3 is 1.05 bits per heavy atom. The standard InChI is InChI=1S/C58H69N3O5/c1-55(2,3)44-25-36-21-38-27-45(56(4,5)6)29-40(52(38)64)23-42-31-47(58(10,11)12)32-43(24-41-30-46(57(7,8)9)28-39(53(41)65)22-37(26-44)51(36)63)54(42)66-35-50(62)61(33-48-17-13-15-19-59-48)34-49-18-14-16-20-60-49/h13-20,25-32,63-65H,21-24,33-35H2,1-12H3. The van der Waals surface area contributed by atoms with Gasteiger partial charge in [-0.05, 0) is 113 Å². The van der Waals surface area contributed by atoms with Crippen molar-refractivity contribution in [1.29, 1.82) is 0 Å². The van der Waals surface area contributed by atoms with Crippen molar-refractivity contribution < 1.29 is 24.9 Å². The molecule has 1 amide bonds. The lowest BCUT2D eigenvalue weighted by molar-refractivity contribution is -0.134. The number of aromatic hydroxyl groups is 3. The molecule has 1 aliphatic rings. The number of amides is 1. The second-order valence-corrected chi connectivity index (χ2v) is 22.4. The Morgan fingerprint density at radius 1 is 0.485 bits per heavy atom. The van der Waals surface area contributed by atoms with Gasteiger partial charge >= 0.3 is 0 Å². The largest absolute Gasteiger partial charge is 0.507 e. The summed E-state index contributed by atoms with van der Waals surface area (Å²) in [6, 6.07) is 28.1. The zero-order valence-electron chi connectivity index (χ0n) is 41.2. The summed E-state index contributed by atoms with van der Waals surface area (Å²) in [5, 5.41) is 37.1. The number of nitrogens with zero attached hydrogens (tertiary/aromatic N) is 3. The van der Waals surface area contributed by atoms with Crippen LogP contribution in [-0.4, -0.2) is 42.7 Å². The van der Waals surface area contributed by atoms with Crippen LogP contribution in [0.2, 0.25) is 0 Å². The zero-order chi connectivity index (χ0) is 47.9. The third-order valence-corrected chi connectivity index (χ3v) is 12.9. The molecule has 3 N–H and O–H groups in total. The minimum atomic E-state index is -0.285. The normalized spacial score (nSPS) is 13.3. The topological polar surface area (TPSA) is 116 Å². The molecule has 6 aromatic rings. The van der Waals surface area contributed by atoms with Crippen LogP contribution in [0.25, 0.3) is 0 Å². The number of rotatable bonds is 7. The molecular weight excluding hydrogens is 819 g/mol. The fourth-order valence-corrected chi connectivity index (χ4v) is 8.68. The summed E-state index contributed by atoms with van der Waals surface area (Å²) in [5.74, 6) is 0.800. The van der Waals surface area contributed by atoms with Gasteiger partial charge in [-0.1, -0.05) is 144 Å². The number of hydrogen-bond donors (Lipinski definition) is 3. The second-order valence-electron chi connectivity index (χ2n) is 22.4. The molecule has 0 radical (unpaired) electrons. The average molecular weight is 888 g/mol. The molecule has 4 aromatic carbocycles. The Balaban J connectivity index is 1.46. The molecule has 0 spiro atoms. The minimum absolute atomic E-state index is 0.163. The third-order valence-electron chi connectivity index (χ3n) is 12.9. The second kappa shape index (κ2) is 18.3. The molecule has 1 aliphatic carbocycles. The number of carbonyl (C=O) groups excluding carboxylic acids is 1. The molecule has 0 fully saturated rings. The van der Waals surface area contributed by atoms with Crippen molar-refractivity contribution in [2.75, 3.05) is 6.61 Å². The SMILES string of the molecule is CC(C)(C)c1cc2c(O)c(c1)Cc1cc(C(C)(C)C)cc(c1O)Cc1cc(C(C)(C)C)cc(c1OCC(=O)N(Cc1ccccn1)Cc1ccccn1)Cc1cc(C(C)(C)C)cc(c1O)C2. The summed E-state index contributed by atoms with van der Waals surface area (Å²) in [7, 11) is 0. The highest BCUT2D eigenvalue weighted by molar-refractivity contribution is 5.78. The Labute approximate surface area is 392 Å². The fraction of sp³-hybridized carbons (Fsp3) is 0.397. The number of pyridine rings is 2. The van der Waals surface area contributed by atoms with Gasteiger partial charge in [0.15, 0.2) is 6.61 Å². The van der Waals surface area contributed by atoms with Gasteiger partial charge in [-0.3, -0.25) is 14.8 Å². The molecule has 7 rings (SSSR count). The first kappa shape index (κ1) is 47.8. The van der Waals surface area contributed by atoms with Crippen LogP contribution in [-0.2, 0) is 65.2 Å². The highest BCUT2D eigenvalue weighted by Crippen LogP contribution is 2.43. The van der Waals surface area contributed by atoms with Gasteiger partial charge in [-0.25, -0.2) is 0 Å².